The van der Waals surface area contributed by atoms with E-state index in [1.54, 1.807) is 0 Å². The number of hydrogen-bond donors (Lipinski definition) is 1. The molecule has 2 rings (SSSR count). The van der Waals surface area contributed by atoms with Gasteiger partial charge in [-0.2, -0.15) is 0 Å². The normalized spacial score (nSPS) is 20.4. The van der Waals surface area contributed by atoms with Gasteiger partial charge in [0.25, 0.3) is 5.91 Å². The zero-order chi connectivity index (χ0) is 19.2. The molecule has 1 N–H and O–H groups in total. The third-order valence-corrected chi connectivity index (χ3v) is 6.55. The van der Waals surface area contributed by atoms with Crippen LogP contribution in [0.4, 0.5) is 0 Å². The number of esters is 1. The minimum Gasteiger partial charge on any atom is -0.456 e. The zero-order valence-corrected chi connectivity index (χ0v) is 16.3. The van der Waals surface area contributed by atoms with Crippen molar-refractivity contribution < 1.29 is 22.7 Å². The van der Waals surface area contributed by atoms with Crippen molar-refractivity contribution in [1.82, 2.24) is 5.32 Å². The summed E-state index contributed by atoms with van der Waals surface area (Å²) in [5.74, 6) is -1.03. The van der Waals surface area contributed by atoms with E-state index in [4.69, 9.17) is 16.3 Å². The molecule has 26 heavy (non-hydrogen) atoms. The summed E-state index contributed by atoms with van der Waals surface area (Å²) in [4.78, 5) is 23.7. The van der Waals surface area contributed by atoms with E-state index >= 15 is 0 Å². The van der Waals surface area contributed by atoms with Gasteiger partial charge in [0.2, 0.25) is 0 Å². The molecule has 8 heteroatoms. The molecule has 1 fully saturated rings. The molecule has 0 saturated heterocycles. The van der Waals surface area contributed by atoms with Crippen LogP contribution in [0.5, 0.6) is 0 Å². The van der Waals surface area contributed by atoms with Crippen LogP contribution < -0.4 is 5.32 Å². The van der Waals surface area contributed by atoms with Gasteiger partial charge in [-0.1, -0.05) is 31.4 Å². The van der Waals surface area contributed by atoms with Gasteiger partial charge in [0.1, 0.15) is 0 Å². The van der Waals surface area contributed by atoms with Gasteiger partial charge >= 0.3 is 5.97 Å². The Kier molecular flexibility index (Phi) is 7.46. The Morgan fingerprint density at radius 2 is 1.85 bits per heavy atom. The van der Waals surface area contributed by atoms with Crippen molar-refractivity contribution in [3.63, 3.8) is 0 Å². The molecule has 0 unspecified atom stereocenters. The monoisotopic (exact) mass is 401 g/mol. The number of rotatable bonds is 7. The number of amides is 1. The first kappa shape index (κ1) is 20.7. The summed E-state index contributed by atoms with van der Waals surface area (Å²) in [7, 11) is -3.60. The van der Waals surface area contributed by atoms with E-state index in [0.29, 0.717) is 10.9 Å². The number of ether oxygens (including phenoxy) is 1. The van der Waals surface area contributed by atoms with E-state index in [1.807, 2.05) is 0 Å². The molecule has 2 atom stereocenters. The average molecular weight is 402 g/mol. The summed E-state index contributed by atoms with van der Waals surface area (Å²) in [5.41, 5.74) is 0. The number of sulfone groups is 1. The smallest absolute Gasteiger partial charge is 0.307 e. The summed E-state index contributed by atoms with van der Waals surface area (Å²) in [5, 5.41) is 3.31. The second-order valence-electron chi connectivity index (χ2n) is 6.62. The van der Waals surface area contributed by atoms with Crippen molar-refractivity contribution in [2.45, 2.75) is 50.0 Å². The van der Waals surface area contributed by atoms with E-state index in [-0.39, 0.29) is 35.6 Å². The summed E-state index contributed by atoms with van der Waals surface area (Å²) >= 11 is 5.73. The molecular formula is C18H24ClNO5S. The lowest BCUT2D eigenvalue weighted by atomic mass is 9.86. The van der Waals surface area contributed by atoms with E-state index in [1.165, 1.54) is 30.7 Å². The lowest BCUT2D eigenvalue weighted by Crippen LogP contribution is -2.42. The molecular weight excluding hydrogens is 378 g/mol. The van der Waals surface area contributed by atoms with Crippen molar-refractivity contribution in [1.29, 1.82) is 0 Å². The highest BCUT2D eigenvalue weighted by atomic mass is 35.5. The van der Waals surface area contributed by atoms with Gasteiger partial charge in [-0.05, 0) is 43.0 Å². The molecule has 144 valence electrons. The SMILES string of the molecule is C[C@@H]1CCCC[C@H]1NC(=O)COC(=O)CCS(=O)(=O)c1ccc(Cl)cc1. The van der Waals surface area contributed by atoms with Crippen molar-refractivity contribution >= 4 is 33.3 Å². The quantitative estimate of drug-likeness (QED) is 0.709. The number of benzene rings is 1. The summed E-state index contributed by atoms with van der Waals surface area (Å²) in [6, 6.07) is 5.84. The maximum Gasteiger partial charge on any atom is 0.307 e. The lowest BCUT2D eigenvalue weighted by Gasteiger charge is -2.29. The molecule has 0 radical (unpaired) electrons. The Morgan fingerprint density at radius 3 is 2.50 bits per heavy atom. The standard InChI is InChI=1S/C18H24ClNO5S/c1-13-4-2-3-5-16(13)20-17(21)12-25-18(22)10-11-26(23,24)15-8-6-14(19)7-9-15/h6-9,13,16H,2-5,10-12H2,1H3,(H,20,21)/t13-,16-/m1/s1. The van der Waals surface area contributed by atoms with Crippen molar-refractivity contribution in [2.75, 3.05) is 12.4 Å². The fraction of sp³-hybridized carbons (Fsp3) is 0.556. The number of carbonyl (C=O) groups is 2. The minimum absolute atomic E-state index is 0.0960. The minimum atomic E-state index is -3.60. The van der Waals surface area contributed by atoms with Gasteiger partial charge in [-0.25, -0.2) is 8.42 Å². The first-order valence-electron chi connectivity index (χ1n) is 8.71. The summed E-state index contributed by atoms with van der Waals surface area (Å²) < 4.78 is 29.2. The van der Waals surface area contributed by atoms with Crippen LogP contribution in [0.1, 0.15) is 39.0 Å². The topological polar surface area (TPSA) is 89.5 Å². The van der Waals surface area contributed by atoms with Crippen LogP contribution in [0, 0.1) is 5.92 Å². The van der Waals surface area contributed by atoms with Crippen LogP contribution >= 0.6 is 11.6 Å². The number of hydrogen-bond acceptors (Lipinski definition) is 5. The molecule has 1 aromatic carbocycles. The molecule has 1 saturated carbocycles. The maximum atomic E-state index is 12.2. The first-order valence-corrected chi connectivity index (χ1v) is 10.7. The Bertz CT molecular complexity index is 732. The Morgan fingerprint density at radius 1 is 1.19 bits per heavy atom. The molecule has 1 aliphatic carbocycles. The average Bonchev–Trinajstić information content (AvgIpc) is 2.60. The third kappa shape index (κ3) is 6.29. The van der Waals surface area contributed by atoms with Crippen LogP contribution in [0.25, 0.3) is 0 Å². The molecule has 1 amide bonds. The van der Waals surface area contributed by atoms with Gasteiger partial charge in [0.05, 0.1) is 17.1 Å². The molecule has 0 spiro atoms. The number of carbonyl (C=O) groups excluding carboxylic acids is 2. The maximum absolute atomic E-state index is 12.2. The van der Waals surface area contributed by atoms with E-state index in [9.17, 15) is 18.0 Å². The second kappa shape index (κ2) is 9.37. The third-order valence-electron chi connectivity index (χ3n) is 4.57. The largest absolute Gasteiger partial charge is 0.456 e. The fourth-order valence-corrected chi connectivity index (χ4v) is 4.32. The van der Waals surface area contributed by atoms with E-state index < -0.39 is 15.8 Å². The Labute approximate surface area is 159 Å². The van der Waals surface area contributed by atoms with E-state index in [0.717, 1.165) is 19.3 Å². The van der Waals surface area contributed by atoms with Crippen LogP contribution in [0.2, 0.25) is 5.02 Å². The number of halogens is 1. The van der Waals surface area contributed by atoms with Gasteiger partial charge in [-0.3, -0.25) is 9.59 Å². The summed E-state index contributed by atoms with van der Waals surface area (Å²) in [6.45, 7) is 1.71. The number of nitrogens with one attached hydrogen (secondary N) is 1. The summed E-state index contributed by atoms with van der Waals surface area (Å²) in [6.07, 6.45) is 3.95. The van der Waals surface area contributed by atoms with Gasteiger partial charge < -0.3 is 10.1 Å². The van der Waals surface area contributed by atoms with Gasteiger partial charge in [-0.15, -0.1) is 0 Å². The van der Waals surface area contributed by atoms with Crippen LogP contribution in [-0.2, 0) is 24.2 Å². The second-order valence-corrected chi connectivity index (χ2v) is 9.16. The van der Waals surface area contributed by atoms with Crippen molar-refractivity contribution in [2.24, 2.45) is 5.92 Å². The van der Waals surface area contributed by atoms with Crippen LogP contribution in [0.15, 0.2) is 29.2 Å². The highest BCUT2D eigenvalue weighted by Gasteiger charge is 2.23. The first-order chi connectivity index (χ1) is 12.3. The van der Waals surface area contributed by atoms with Gasteiger partial charge in [0.15, 0.2) is 16.4 Å². The van der Waals surface area contributed by atoms with Gasteiger partial charge in [0, 0.05) is 11.1 Å². The molecule has 0 bridgehead atoms. The van der Waals surface area contributed by atoms with Crippen LogP contribution in [-0.4, -0.2) is 38.7 Å². The highest BCUT2D eigenvalue weighted by molar-refractivity contribution is 7.91. The molecule has 0 heterocycles. The zero-order valence-electron chi connectivity index (χ0n) is 14.7. The molecule has 1 aromatic rings. The van der Waals surface area contributed by atoms with Crippen molar-refractivity contribution in [3.8, 4) is 0 Å². The molecule has 0 aromatic heterocycles. The fourth-order valence-electron chi connectivity index (χ4n) is 2.97. The Balaban J connectivity index is 1.74. The molecule has 6 nitrogen and oxygen atoms in total. The van der Waals surface area contributed by atoms with Crippen LogP contribution in [0.3, 0.4) is 0 Å². The molecule has 1 aliphatic rings. The predicted molar refractivity (Wildman–Crippen MR) is 98.6 cm³/mol. The lowest BCUT2D eigenvalue weighted by molar-refractivity contribution is -0.148. The molecule has 0 aliphatic heterocycles. The van der Waals surface area contributed by atoms with E-state index in [2.05, 4.69) is 12.2 Å². The van der Waals surface area contributed by atoms with Crippen molar-refractivity contribution in [3.05, 3.63) is 29.3 Å². The highest BCUT2D eigenvalue weighted by Crippen LogP contribution is 2.23. The Hall–Kier alpha value is -1.60. The predicted octanol–water partition coefficient (Wildman–Crippen LogP) is 2.74.